The summed E-state index contributed by atoms with van der Waals surface area (Å²) < 4.78 is 6.58. The zero-order valence-electron chi connectivity index (χ0n) is 16.2. The minimum absolute atomic E-state index is 0.162. The summed E-state index contributed by atoms with van der Waals surface area (Å²) in [6.07, 6.45) is 0. The molecule has 154 valence electrons. The fraction of sp³-hybridized carbons (Fsp3) is 0.300. The van der Waals surface area contributed by atoms with Gasteiger partial charge in [0.25, 0.3) is 5.91 Å². The van der Waals surface area contributed by atoms with Crippen molar-refractivity contribution in [2.75, 3.05) is 38.7 Å². The number of hydrogen-bond donors (Lipinski definition) is 0. The largest absolute Gasteiger partial charge is 0.482 e. The maximum absolute atomic E-state index is 13.0. The molecule has 9 heteroatoms. The van der Waals surface area contributed by atoms with Gasteiger partial charge in [-0.3, -0.25) is 9.69 Å². The molecule has 0 bridgehead atoms. The highest BCUT2D eigenvalue weighted by molar-refractivity contribution is 7.22. The third-order valence-corrected chi connectivity index (χ3v) is 5.96. The Labute approximate surface area is 188 Å². The number of aryl methyl sites for hydroxylation is 1. The van der Waals surface area contributed by atoms with E-state index in [1.54, 1.807) is 23.1 Å². The van der Waals surface area contributed by atoms with Crippen molar-refractivity contribution in [3.63, 3.8) is 0 Å². The number of nitrogens with zero attached hydrogens (tertiary/aromatic N) is 3. The molecule has 5 nitrogen and oxygen atoms in total. The molecule has 0 aliphatic rings. The molecule has 0 spiro atoms. The van der Waals surface area contributed by atoms with Crippen LogP contribution in [-0.2, 0) is 4.79 Å². The van der Waals surface area contributed by atoms with Gasteiger partial charge in [-0.2, -0.15) is 0 Å². The van der Waals surface area contributed by atoms with Gasteiger partial charge in [-0.05, 0) is 56.9 Å². The molecule has 1 aromatic heterocycles. The predicted octanol–water partition coefficient (Wildman–Crippen LogP) is 5.54. The number of amides is 1. The Morgan fingerprint density at radius 2 is 1.86 bits per heavy atom. The molecule has 3 rings (SSSR count). The summed E-state index contributed by atoms with van der Waals surface area (Å²) in [4.78, 5) is 21.3. The minimum Gasteiger partial charge on any atom is -0.482 e. The van der Waals surface area contributed by atoms with Gasteiger partial charge < -0.3 is 9.64 Å². The third kappa shape index (κ3) is 5.53. The normalized spacial score (nSPS) is 11.3. The van der Waals surface area contributed by atoms with Crippen LogP contribution >= 0.6 is 46.1 Å². The first kappa shape index (κ1) is 22.1. The molecular weight excluding hydrogens is 453 g/mol. The number of anilines is 1. The Hall–Kier alpha value is -1.57. The predicted molar refractivity (Wildman–Crippen MR) is 122 cm³/mol. The van der Waals surface area contributed by atoms with Crippen LogP contribution < -0.4 is 9.64 Å². The van der Waals surface area contributed by atoms with Gasteiger partial charge >= 0.3 is 0 Å². The first-order chi connectivity index (χ1) is 13.7. The molecule has 0 atom stereocenters. The standard InChI is InChI=1S/C20H20Cl3N3O2S/c1-12-8-14(22)10-17-19(12)24-20(29-17)26(7-6-25(2)3)18(27)11-28-16-5-4-13(21)9-15(16)23/h4-5,8-10H,6-7,11H2,1-3H3. The van der Waals surface area contributed by atoms with E-state index >= 15 is 0 Å². The lowest BCUT2D eigenvalue weighted by molar-refractivity contribution is -0.120. The fourth-order valence-corrected chi connectivity index (χ4v) is 4.62. The number of hydrogen-bond acceptors (Lipinski definition) is 5. The van der Waals surface area contributed by atoms with E-state index in [1.165, 1.54) is 11.3 Å². The quantitative estimate of drug-likeness (QED) is 0.453. The Kier molecular flexibility index (Phi) is 7.24. The number of benzene rings is 2. The molecule has 3 aromatic rings. The van der Waals surface area contributed by atoms with Gasteiger partial charge in [0, 0.05) is 23.1 Å². The lowest BCUT2D eigenvalue weighted by atomic mass is 10.2. The van der Waals surface area contributed by atoms with Gasteiger partial charge in [-0.25, -0.2) is 4.98 Å². The highest BCUT2D eigenvalue weighted by atomic mass is 35.5. The number of fused-ring (bicyclic) bond motifs is 1. The van der Waals surface area contributed by atoms with Crippen molar-refractivity contribution in [2.24, 2.45) is 0 Å². The van der Waals surface area contributed by atoms with Crippen LogP contribution in [0.3, 0.4) is 0 Å². The van der Waals surface area contributed by atoms with Crippen molar-refractivity contribution in [3.05, 3.63) is 51.0 Å². The maximum atomic E-state index is 13.0. The van der Waals surface area contributed by atoms with E-state index in [2.05, 4.69) is 4.98 Å². The summed E-state index contributed by atoms with van der Waals surface area (Å²) in [6, 6.07) is 8.61. The lowest BCUT2D eigenvalue weighted by Crippen LogP contribution is -2.39. The van der Waals surface area contributed by atoms with E-state index < -0.39 is 0 Å². The monoisotopic (exact) mass is 471 g/mol. The molecule has 0 saturated heterocycles. The van der Waals surface area contributed by atoms with Gasteiger partial charge in [0.1, 0.15) is 5.75 Å². The molecule has 0 unspecified atom stereocenters. The Morgan fingerprint density at radius 1 is 1.10 bits per heavy atom. The van der Waals surface area contributed by atoms with Crippen LogP contribution in [0.5, 0.6) is 5.75 Å². The number of rotatable bonds is 7. The minimum atomic E-state index is -0.208. The van der Waals surface area contributed by atoms with Gasteiger partial charge in [0.15, 0.2) is 11.7 Å². The van der Waals surface area contributed by atoms with Crippen LogP contribution in [0, 0.1) is 6.92 Å². The molecule has 1 amide bonds. The zero-order chi connectivity index (χ0) is 21.1. The number of aromatic nitrogens is 1. The van der Waals surface area contributed by atoms with Gasteiger partial charge in [0.2, 0.25) is 0 Å². The molecule has 0 fully saturated rings. The molecular formula is C20H20Cl3N3O2S. The Morgan fingerprint density at radius 3 is 2.55 bits per heavy atom. The molecule has 1 heterocycles. The number of ether oxygens (including phenoxy) is 1. The molecule has 0 aliphatic heterocycles. The van der Waals surface area contributed by atoms with Gasteiger partial charge in [-0.1, -0.05) is 46.1 Å². The summed E-state index contributed by atoms with van der Waals surface area (Å²) >= 11 is 19.6. The average Bonchev–Trinajstić information content (AvgIpc) is 3.04. The third-order valence-electron chi connectivity index (χ3n) is 4.19. The summed E-state index contributed by atoms with van der Waals surface area (Å²) in [6.45, 7) is 2.96. The van der Waals surface area contributed by atoms with Gasteiger partial charge in [-0.15, -0.1) is 0 Å². The van der Waals surface area contributed by atoms with Crippen molar-refractivity contribution in [2.45, 2.75) is 6.92 Å². The van der Waals surface area contributed by atoms with Crippen molar-refractivity contribution >= 4 is 67.4 Å². The van der Waals surface area contributed by atoms with E-state index in [4.69, 9.17) is 39.5 Å². The number of likely N-dealkylation sites (N-methyl/N-ethyl adjacent to an activating group) is 1. The molecule has 29 heavy (non-hydrogen) atoms. The maximum Gasteiger partial charge on any atom is 0.266 e. The molecule has 0 radical (unpaired) electrons. The Bertz CT molecular complexity index is 1040. The summed E-state index contributed by atoms with van der Waals surface area (Å²) in [5.41, 5.74) is 1.82. The Balaban J connectivity index is 1.84. The van der Waals surface area contributed by atoms with E-state index in [-0.39, 0.29) is 12.5 Å². The van der Waals surface area contributed by atoms with E-state index in [1.807, 2.05) is 38.1 Å². The highest BCUT2D eigenvalue weighted by Gasteiger charge is 2.21. The topological polar surface area (TPSA) is 45.7 Å². The number of carbonyl (C=O) groups excluding carboxylic acids is 1. The number of halogens is 3. The lowest BCUT2D eigenvalue weighted by Gasteiger charge is -2.22. The van der Waals surface area contributed by atoms with Crippen LogP contribution in [0.2, 0.25) is 15.1 Å². The molecule has 2 aromatic carbocycles. The van der Waals surface area contributed by atoms with Gasteiger partial charge in [0.05, 0.1) is 15.2 Å². The number of thiazole rings is 1. The van der Waals surface area contributed by atoms with Crippen LogP contribution in [0.15, 0.2) is 30.3 Å². The van der Waals surface area contributed by atoms with Crippen molar-refractivity contribution < 1.29 is 9.53 Å². The van der Waals surface area contributed by atoms with Crippen molar-refractivity contribution in [1.82, 2.24) is 9.88 Å². The fourth-order valence-electron chi connectivity index (χ4n) is 2.69. The zero-order valence-corrected chi connectivity index (χ0v) is 19.3. The highest BCUT2D eigenvalue weighted by Crippen LogP contribution is 2.33. The summed E-state index contributed by atoms with van der Waals surface area (Å²) in [7, 11) is 3.91. The van der Waals surface area contributed by atoms with E-state index in [0.29, 0.717) is 39.0 Å². The van der Waals surface area contributed by atoms with E-state index in [0.717, 1.165) is 15.8 Å². The molecule has 0 saturated carbocycles. The summed E-state index contributed by atoms with van der Waals surface area (Å²) in [5.74, 6) is 0.199. The second-order valence-electron chi connectivity index (χ2n) is 6.78. The first-order valence-electron chi connectivity index (χ1n) is 8.84. The van der Waals surface area contributed by atoms with Crippen molar-refractivity contribution in [3.8, 4) is 5.75 Å². The van der Waals surface area contributed by atoms with E-state index in [9.17, 15) is 4.79 Å². The number of carbonyl (C=O) groups is 1. The average molecular weight is 473 g/mol. The van der Waals surface area contributed by atoms with Crippen LogP contribution in [0.4, 0.5) is 5.13 Å². The van der Waals surface area contributed by atoms with Crippen LogP contribution in [-0.4, -0.2) is 49.6 Å². The smallest absolute Gasteiger partial charge is 0.266 e. The second-order valence-corrected chi connectivity index (χ2v) is 9.07. The SMILES string of the molecule is Cc1cc(Cl)cc2sc(N(CCN(C)C)C(=O)COc3ccc(Cl)cc3Cl)nc12. The molecule has 0 aliphatic carbocycles. The first-order valence-corrected chi connectivity index (χ1v) is 10.8. The van der Waals surface area contributed by atoms with Crippen LogP contribution in [0.25, 0.3) is 10.2 Å². The van der Waals surface area contributed by atoms with Crippen LogP contribution in [0.1, 0.15) is 5.56 Å². The van der Waals surface area contributed by atoms with Crippen molar-refractivity contribution in [1.29, 1.82) is 0 Å². The summed E-state index contributed by atoms with van der Waals surface area (Å²) in [5, 5.41) is 2.13. The second kappa shape index (κ2) is 9.49. The molecule has 0 N–H and O–H groups in total.